The highest BCUT2D eigenvalue weighted by molar-refractivity contribution is 8.00. The summed E-state index contributed by atoms with van der Waals surface area (Å²) in [6.07, 6.45) is 0.463. The van der Waals surface area contributed by atoms with Crippen LogP contribution in [0.2, 0.25) is 0 Å². The molecular formula is C18H16N4O4S2. The van der Waals surface area contributed by atoms with Crippen LogP contribution < -0.4 is 10.1 Å². The smallest absolute Gasteiger partial charge is 0.277 e. The number of carbonyl (C=O) groups is 2. The van der Waals surface area contributed by atoms with Crippen LogP contribution in [0.1, 0.15) is 33.9 Å². The van der Waals surface area contributed by atoms with E-state index in [0.29, 0.717) is 34.5 Å². The molecule has 1 aliphatic rings. The van der Waals surface area contributed by atoms with Crippen molar-refractivity contribution in [2.45, 2.75) is 30.7 Å². The minimum Gasteiger partial charge on any atom is -0.482 e. The maximum atomic E-state index is 12.7. The standard InChI is InChI=1S/C18H16N4O4S2/c1-9(17(24)11-3-4-14-13(5-11)20-15(23)7-25-14)28-18-22-21-16(26-18)6-12-8-27-10(2)19-12/h3-5,8-9H,6-7H2,1-2H3,(H,20,23). The number of thiazole rings is 1. The van der Waals surface area contributed by atoms with Gasteiger partial charge in [0.15, 0.2) is 12.4 Å². The SMILES string of the molecule is Cc1nc(Cc2nnc(SC(C)C(=O)c3ccc4c(c3)NC(=O)CO4)o2)cs1. The first-order chi connectivity index (χ1) is 13.5. The fourth-order valence-corrected chi connectivity index (χ4v) is 4.07. The Hall–Kier alpha value is -2.72. The van der Waals surface area contributed by atoms with E-state index >= 15 is 0 Å². The van der Waals surface area contributed by atoms with Crippen LogP contribution >= 0.6 is 23.1 Å². The second-order valence-corrected chi connectivity index (χ2v) is 8.52. The van der Waals surface area contributed by atoms with Gasteiger partial charge in [0.05, 0.1) is 28.1 Å². The van der Waals surface area contributed by atoms with E-state index in [0.717, 1.165) is 10.7 Å². The number of Topliss-reactive ketones (excluding diaryl/α,β-unsaturated/α-hetero) is 1. The Morgan fingerprint density at radius 2 is 2.25 bits per heavy atom. The van der Waals surface area contributed by atoms with E-state index in [-0.39, 0.29) is 18.3 Å². The lowest BCUT2D eigenvalue weighted by atomic mass is 10.1. The van der Waals surface area contributed by atoms with Crippen molar-refractivity contribution in [1.29, 1.82) is 0 Å². The van der Waals surface area contributed by atoms with E-state index < -0.39 is 5.25 Å². The van der Waals surface area contributed by atoms with Gasteiger partial charge in [-0.15, -0.1) is 21.5 Å². The van der Waals surface area contributed by atoms with Crippen LogP contribution in [0.15, 0.2) is 33.2 Å². The number of fused-ring (bicyclic) bond motifs is 1. The summed E-state index contributed by atoms with van der Waals surface area (Å²) < 4.78 is 10.9. The summed E-state index contributed by atoms with van der Waals surface area (Å²) in [5.41, 5.74) is 1.85. The molecule has 0 saturated heterocycles. The lowest BCUT2D eigenvalue weighted by Crippen LogP contribution is -2.25. The number of hydrogen-bond donors (Lipinski definition) is 1. The molecule has 1 N–H and O–H groups in total. The molecule has 3 aromatic rings. The normalized spacial score (nSPS) is 14.1. The summed E-state index contributed by atoms with van der Waals surface area (Å²) in [4.78, 5) is 28.6. The minimum absolute atomic E-state index is 0.0213. The number of aryl methyl sites for hydroxylation is 1. The monoisotopic (exact) mass is 416 g/mol. The van der Waals surface area contributed by atoms with Crippen LogP contribution in [0.3, 0.4) is 0 Å². The topological polar surface area (TPSA) is 107 Å². The number of ketones is 1. The van der Waals surface area contributed by atoms with Crippen molar-refractivity contribution in [3.05, 3.63) is 45.7 Å². The maximum absolute atomic E-state index is 12.7. The third kappa shape index (κ3) is 4.07. The van der Waals surface area contributed by atoms with Crippen LogP contribution in [0, 0.1) is 6.92 Å². The van der Waals surface area contributed by atoms with Gasteiger partial charge in [-0.3, -0.25) is 9.59 Å². The third-order valence-corrected chi connectivity index (χ3v) is 5.75. The predicted molar refractivity (Wildman–Crippen MR) is 104 cm³/mol. The van der Waals surface area contributed by atoms with Crippen molar-refractivity contribution in [3.63, 3.8) is 0 Å². The van der Waals surface area contributed by atoms with E-state index in [1.165, 1.54) is 11.8 Å². The van der Waals surface area contributed by atoms with Crippen molar-refractivity contribution in [2.75, 3.05) is 11.9 Å². The van der Waals surface area contributed by atoms with Gasteiger partial charge in [0.25, 0.3) is 11.1 Å². The summed E-state index contributed by atoms with van der Waals surface area (Å²) >= 11 is 2.76. The molecule has 1 atom stereocenters. The fourth-order valence-electron chi connectivity index (χ4n) is 2.68. The van der Waals surface area contributed by atoms with Gasteiger partial charge in [-0.25, -0.2) is 4.98 Å². The van der Waals surface area contributed by atoms with Crippen LogP contribution in [-0.4, -0.2) is 38.7 Å². The zero-order valence-corrected chi connectivity index (χ0v) is 16.7. The Kier molecular flexibility index (Phi) is 5.14. The molecule has 10 heteroatoms. The van der Waals surface area contributed by atoms with E-state index in [4.69, 9.17) is 9.15 Å². The second-order valence-electron chi connectivity index (χ2n) is 6.17. The number of benzene rings is 1. The molecular weight excluding hydrogens is 400 g/mol. The highest BCUT2D eigenvalue weighted by atomic mass is 32.2. The number of anilines is 1. The van der Waals surface area contributed by atoms with Gasteiger partial charge in [0.2, 0.25) is 5.89 Å². The molecule has 28 heavy (non-hydrogen) atoms. The molecule has 0 fully saturated rings. The Morgan fingerprint density at radius 1 is 1.39 bits per heavy atom. The Balaban J connectivity index is 1.42. The lowest BCUT2D eigenvalue weighted by Gasteiger charge is -2.18. The predicted octanol–water partition coefficient (Wildman–Crippen LogP) is 3.12. The zero-order chi connectivity index (χ0) is 19.7. The molecule has 4 rings (SSSR count). The Bertz CT molecular complexity index is 1050. The highest BCUT2D eigenvalue weighted by Gasteiger charge is 2.23. The van der Waals surface area contributed by atoms with Crippen molar-refractivity contribution in [1.82, 2.24) is 15.2 Å². The Labute approximate surface area is 168 Å². The summed E-state index contributed by atoms with van der Waals surface area (Å²) in [6, 6.07) is 4.98. The van der Waals surface area contributed by atoms with Crippen LogP contribution in [-0.2, 0) is 11.2 Å². The number of amides is 1. The molecule has 1 aliphatic heterocycles. The molecule has 0 spiro atoms. The van der Waals surface area contributed by atoms with Gasteiger partial charge in [-0.2, -0.15) is 0 Å². The zero-order valence-electron chi connectivity index (χ0n) is 15.1. The number of nitrogens with zero attached hydrogens (tertiary/aromatic N) is 3. The average molecular weight is 416 g/mol. The molecule has 0 radical (unpaired) electrons. The molecule has 0 aliphatic carbocycles. The molecule has 0 saturated carbocycles. The quantitative estimate of drug-likeness (QED) is 0.482. The van der Waals surface area contributed by atoms with Gasteiger partial charge in [-0.1, -0.05) is 11.8 Å². The van der Waals surface area contributed by atoms with Crippen molar-refractivity contribution >= 4 is 40.5 Å². The first-order valence-corrected chi connectivity index (χ1v) is 10.2. The van der Waals surface area contributed by atoms with E-state index in [2.05, 4.69) is 20.5 Å². The number of carbonyl (C=O) groups excluding carboxylic acids is 2. The van der Waals surface area contributed by atoms with Crippen molar-refractivity contribution in [2.24, 2.45) is 0 Å². The number of nitrogens with one attached hydrogen (secondary N) is 1. The van der Waals surface area contributed by atoms with E-state index in [1.807, 2.05) is 12.3 Å². The van der Waals surface area contributed by atoms with Crippen LogP contribution in [0.5, 0.6) is 5.75 Å². The average Bonchev–Trinajstić information content (AvgIpc) is 3.29. The van der Waals surface area contributed by atoms with Gasteiger partial charge in [0.1, 0.15) is 5.75 Å². The number of rotatable bonds is 6. The number of ether oxygens (including phenoxy) is 1. The number of aromatic nitrogens is 3. The summed E-state index contributed by atoms with van der Waals surface area (Å²) in [6.45, 7) is 3.69. The molecule has 2 aromatic heterocycles. The first kappa shape index (κ1) is 18.6. The van der Waals surface area contributed by atoms with Gasteiger partial charge < -0.3 is 14.5 Å². The summed E-state index contributed by atoms with van der Waals surface area (Å²) in [7, 11) is 0. The molecule has 8 nitrogen and oxygen atoms in total. The van der Waals surface area contributed by atoms with Gasteiger partial charge >= 0.3 is 0 Å². The molecule has 0 bridgehead atoms. The highest BCUT2D eigenvalue weighted by Crippen LogP contribution is 2.31. The van der Waals surface area contributed by atoms with Crippen molar-refractivity contribution < 1.29 is 18.7 Å². The van der Waals surface area contributed by atoms with E-state index in [1.54, 1.807) is 36.5 Å². The molecule has 1 amide bonds. The summed E-state index contributed by atoms with van der Waals surface area (Å²) in [5.74, 6) is 0.659. The number of thioether (sulfide) groups is 1. The Morgan fingerprint density at radius 3 is 3.04 bits per heavy atom. The lowest BCUT2D eigenvalue weighted by molar-refractivity contribution is -0.118. The van der Waals surface area contributed by atoms with Crippen LogP contribution in [0.25, 0.3) is 0 Å². The number of hydrogen-bond acceptors (Lipinski definition) is 9. The fraction of sp³-hybridized carbons (Fsp3) is 0.278. The minimum atomic E-state index is -0.437. The van der Waals surface area contributed by atoms with Crippen molar-refractivity contribution in [3.8, 4) is 5.75 Å². The van der Waals surface area contributed by atoms with Gasteiger partial charge in [0, 0.05) is 10.9 Å². The summed E-state index contributed by atoms with van der Waals surface area (Å²) in [5, 5.41) is 13.6. The molecule has 1 unspecified atom stereocenters. The first-order valence-electron chi connectivity index (χ1n) is 8.49. The molecule has 3 heterocycles. The molecule has 144 valence electrons. The molecule has 1 aromatic carbocycles. The second kappa shape index (κ2) is 7.72. The largest absolute Gasteiger partial charge is 0.482 e. The van der Waals surface area contributed by atoms with Crippen LogP contribution in [0.4, 0.5) is 5.69 Å². The van der Waals surface area contributed by atoms with Gasteiger partial charge in [-0.05, 0) is 32.0 Å². The van der Waals surface area contributed by atoms with E-state index in [9.17, 15) is 9.59 Å². The third-order valence-electron chi connectivity index (χ3n) is 3.99. The maximum Gasteiger partial charge on any atom is 0.277 e.